The second-order valence-corrected chi connectivity index (χ2v) is 4.92. The zero-order chi connectivity index (χ0) is 13.1. The highest BCUT2D eigenvalue weighted by Gasteiger charge is 2.13. The Bertz CT molecular complexity index is 528. The molecule has 0 bridgehead atoms. The quantitative estimate of drug-likeness (QED) is 0.894. The predicted octanol–water partition coefficient (Wildman–Crippen LogP) is 2.54. The minimum atomic E-state index is 0.319. The van der Waals surface area contributed by atoms with Gasteiger partial charge in [0.2, 0.25) is 0 Å². The van der Waals surface area contributed by atoms with Crippen LogP contribution in [0.25, 0.3) is 0 Å². The molecule has 96 valence electrons. The second kappa shape index (κ2) is 5.36. The van der Waals surface area contributed by atoms with Gasteiger partial charge < -0.3 is 5.32 Å². The monoisotopic (exact) mass is 243 g/mol. The van der Waals surface area contributed by atoms with Crippen molar-refractivity contribution in [1.29, 1.82) is 0 Å². The Balaban J connectivity index is 2.22. The summed E-state index contributed by atoms with van der Waals surface area (Å²) in [5.74, 6) is 0. The maximum absolute atomic E-state index is 4.24. The number of hydrogen-bond donors (Lipinski definition) is 1. The van der Waals surface area contributed by atoms with Crippen LogP contribution in [0.3, 0.4) is 0 Å². The van der Waals surface area contributed by atoms with E-state index in [4.69, 9.17) is 0 Å². The lowest BCUT2D eigenvalue weighted by atomic mass is 9.96. The summed E-state index contributed by atoms with van der Waals surface area (Å²) in [5.41, 5.74) is 5.31. The maximum atomic E-state index is 4.24. The molecule has 1 N–H and O–H groups in total. The molecular formula is C15H21N3. The molecule has 0 radical (unpaired) electrons. The maximum Gasteiger partial charge on any atom is 0.0537 e. The van der Waals surface area contributed by atoms with Gasteiger partial charge in [-0.2, -0.15) is 5.10 Å². The smallest absolute Gasteiger partial charge is 0.0537 e. The van der Waals surface area contributed by atoms with Gasteiger partial charge in [-0.15, -0.1) is 0 Å². The van der Waals surface area contributed by atoms with Crippen LogP contribution >= 0.6 is 0 Å². The Kier molecular flexibility index (Phi) is 3.82. The van der Waals surface area contributed by atoms with Crippen molar-refractivity contribution in [2.24, 2.45) is 7.05 Å². The summed E-state index contributed by atoms with van der Waals surface area (Å²) in [5, 5.41) is 7.62. The van der Waals surface area contributed by atoms with Gasteiger partial charge in [0.1, 0.15) is 0 Å². The van der Waals surface area contributed by atoms with Gasteiger partial charge in [-0.3, -0.25) is 4.68 Å². The van der Waals surface area contributed by atoms with Gasteiger partial charge in [0.15, 0.2) is 0 Å². The van der Waals surface area contributed by atoms with Crippen molar-refractivity contribution in [2.45, 2.75) is 26.3 Å². The first-order valence-electron chi connectivity index (χ1n) is 6.32. The lowest BCUT2D eigenvalue weighted by molar-refractivity contribution is 0.589. The summed E-state index contributed by atoms with van der Waals surface area (Å²) in [4.78, 5) is 0. The third-order valence-corrected chi connectivity index (χ3v) is 3.40. The van der Waals surface area contributed by atoms with E-state index in [2.05, 4.69) is 48.7 Å². The molecule has 1 unspecified atom stereocenters. The third-order valence-electron chi connectivity index (χ3n) is 3.40. The predicted molar refractivity (Wildman–Crippen MR) is 74.6 cm³/mol. The summed E-state index contributed by atoms with van der Waals surface area (Å²) < 4.78 is 1.85. The second-order valence-electron chi connectivity index (χ2n) is 4.92. The van der Waals surface area contributed by atoms with Crippen molar-refractivity contribution in [3.05, 3.63) is 52.8 Å². The van der Waals surface area contributed by atoms with E-state index in [1.54, 1.807) is 0 Å². The topological polar surface area (TPSA) is 29.9 Å². The summed E-state index contributed by atoms with van der Waals surface area (Å²) in [6.45, 7) is 4.31. The molecule has 3 heteroatoms. The zero-order valence-electron chi connectivity index (χ0n) is 11.6. The zero-order valence-corrected chi connectivity index (χ0v) is 11.6. The highest BCUT2D eigenvalue weighted by atomic mass is 15.2. The van der Waals surface area contributed by atoms with Gasteiger partial charge in [0, 0.05) is 24.8 Å². The third kappa shape index (κ3) is 2.79. The molecule has 0 amide bonds. The van der Waals surface area contributed by atoms with Crippen LogP contribution in [0.15, 0.2) is 30.6 Å². The number of nitrogens with zero attached hydrogens (tertiary/aromatic N) is 2. The number of hydrogen-bond acceptors (Lipinski definition) is 2. The highest BCUT2D eigenvalue weighted by Crippen LogP contribution is 2.20. The van der Waals surface area contributed by atoms with Crippen LogP contribution in [0.4, 0.5) is 0 Å². The van der Waals surface area contributed by atoms with Crippen molar-refractivity contribution in [3.8, 4) is 0 Å². The van der Waals surface area contributed by atoms with Crippen molar-refractivity contribution < 1.29 is 0 Å². The van der Waals surface area contributed by atoms with E-state index < -0.39 is 0 Å². The minimum Gasteiger partial charge on any atom is -0.313 e. The molecule has 1 atom stereocenters. The summed E-state index contributed by atoms with van der Waals surface area (Å²) >= 11 is 0. The Hall–Kier alpha value is -1.61. The first-order valence-corrected chi connectivity index (χ1v) is 6.32. The highest BCUT2D eigenvalue weighted by molar-refractivity contribution is 5.32. The van der Waals surface area contributed by atoms with Crippen molar-refractivity contribution >= 4 is 0 Å². The molecule has 0 saturated carbocycles. The molecule has 1 aromatic carbocycles. The van der Waals surface area contributed by atoms with E-state index in [0.29, 0.717) is 6.04 Å². The van der Waals surface area contributed by atoms with Gasteiger partial charge in [-0.25, -0.2) is 0 Å². The number of benzene rings is 1. The number of nitrogens with one attached hydrogen (secondary N) is 1. The van der Waals surface area contributed by atoms with Gasteiger partial charge in [-0.05, 0) is 38.4 Å². The summed E-state index contributed by atoms with van der Waals surface area (Å²) in [6.07, 6.45) is 5.01. The fourth-order valence-corrected chi connectivity index (χ4v) is 2.25. The largest absolute Gasteiger partial charge is 0.313 e. The van der Waals surface area contributed by atoms with Crippen molar-refractivity contribution in [2.75, 3.05) is 7.05 Å². The Morgan fingerprint density at radius 1 is 1.33 bits per heavy atom. The van der Waals surface area contributed by atoms with Crippen LogP contribution in [0.1, 0.15) is 28.3 Å². The van der Waals surface area contributed by atoms with Crippen LogP contribution < -0.4 is 5.32 Å². The van der Waals surface area contributed by atoms with E-state index in [9.17, 15) is 0 Å². The van der Waals surface area contributed by atoms with E-state index in [-0.39, 0.29) is 0 Å². The molecular weight excluding hydrogens is 222 g/mol. The summed E-state index contributed by atoms with van der Waals surface area (Å²) in [6, 6.07) is 6.95. The minimum absolute atomic E-state index is 0.319. The molecule has 0 spiro atoms. The fraction of sp³-hybridized carbons (Fsp3) is 0.400. The Labute approximate surface area is 109 Å². The lowest BCUT2D eigenvalue weighted by Gasteiger charge is -2.16. The fourth-order valence-electron chi connectivity index (χ4n) is 2.25. The molecule has 0 aliphatic carbocycles. The molecule has 1 heterocycles. The molecule has 0 saturated heterocycles. The molecule has 18 heavy (non-hydrogen) atoms. The van der Waals surface area contributed by atoms with Crippen LogP contribution in [0.2, 0.25) is 0 Å². The normalized spacial score (nSPS) is 12.7. The molecule has 2 aromatic rings. The first-order chi connectivity index (χ1) is 8.60. The van der Waals surface area contributed by atoms with Crippen molar-refractivity contribution in [1.82, 2.24) is 15.1 Å². The number of rotatable bonds is 4. The number of aryl methyl sites for hydroxylation is 3. The standard InChI is InChI=1S/C15H21N3/c1-11-5-6-12(2)13(7-11)8-15(16-3)14-9-17-18(4)10-14/h5-7,9-10,15-16H,8H2,1-4H3. The van der Waals surface area contributed by atoms with E-state index >= 15 is 0 Å². The van der Waals surface area contributed by atoms with Crippen LogP contribution in [0, 0.1) is 13.8 Å². The lowest BCUT2D eigenvalue weighted by Crippen LogP contribution is -2.18. The van der Waals surface area contributed by atoms with Gasteiger partial charge in [0.25, 0.3) is 0 Å². The van der Waals surface area contributed by atoms with Crippen LogP contribution in [0.5, 0.6) is 0 Å². The van der Waals surface area contributed by atoms with Gasteiger partial charge in [-0.1, -0.05) is 23.8 Å². The first kappa shape index (κ1) is 12.8. The molecule has 0 fully saturated rings. The Morgan fingerprint density at radius 2 is 2.11 bits per heavy atom. The average molecular weight is 243 g/mol. The van der Waals surface area contributed by atoms with E-state index in [1.165, 1.54) is 22.3 Å². The molecule has 3 nitrogen and oxygen atoms in total. The molecule has 0 aliphatic rings. The molecule has 1 aromatic heterocycles. The van der Waals surface area contributed by atoms with Gasteiger partial charge >= 0.3 is 0 Å². The van der Waals surface area contributed by atoms with E-state index in [1.807, 2.05) is 25.0 Å². The number of likely N-dealkylation sites (N-methyl/N-ethyl adjacent to an activating group) is 1. The Morgan fingerprint density at radius 3 is 2.72 bits per heavy atom. The molecule has 2 rings (SSSR count). The van der Waals surface area contributed by atoms with Crippen molar-refractivity contribution in [3.63, 3.8) is 0 Å². The van der Waals surface area contributed by atoms with Gasteiger partial charge in [0.05, 0.1) is 6.20 Å². The average Bonchev–Trinajstić information content (AvgIpc) is 2.77. The molecule has 0 aliphatic heterocycles. The SMILES string of the molecule is CNC(Cc1cc(C)ccc1C)c1cnn(C)c1. The number of aromatic nitrogens is 2. The van der Waals surface area contributed by atoms with Crippen LogP contribution in [-0.2, 0) is 13.5 Å². The summed E-state index contributed by atoms with van der Waals surface area (Å²) in [7, 11) is 3.96. The van der Waals surface area contributed by atoms with Crippen LogP contribution in [-0.4, -0.2) is 16.8 Å². The van der Waals surface area contributed by atoms with E-state index in [0.717, 1.165) is 6.42 Å².